The normalized spacial score (nSPS) is 11.5. The van der Waals surface area contributed by atoms with Gasteiger partial charge >= 0.3 is 0 Å². The first-order chi connectivity index (χ1) is 13.1. The number of hydrogen-bond acceptors (Lipinski definition) is 3. The van der Waals surface area contributed by atoms with Gasteiger partial charge in [0.1, 0.15) is 0 Å². The van der Waals surface area contributed by atoms with Crippen molar-refractivity contribution in [2.75, 3.05) is 20.6 Å². The fourth-order valence-electron chi connectivity index (χ4n) is 3.42. The van der Waals surface area contributed by atoms with Gasteiger partial charge < -0.3 is 0 Å². The molecule has 0 heterocycles. The SMILES string of the molecule is CCCCCCCCCCCCCCCCCC(=O)NN(CCC)N(C)C. The van der Waals surface area contributed by atoms with Gasteiger partial charge in [0.15, 0.2) is 0 Å². The molecule has 27 heavy (non-hydrogen) atoms. The van der Waals surface area contributed by atoms with E-state index in [1.807, 2.05) is 24.2 Å². The smallest absolute Gasteiger partial charge is 0.235 e. The predicted octanol–water partition coefficient (Wildman–Crippen LogP) is 6.47. The second-order valence-electron chi connectivity index (χ2n) is 8.21. The van der Waals surface area contributed by atoms with Crippen LogP contribution in [0, 0.1) is 0 Å². The number of carbonyl (C=O) groups excluding carboxylic acids is 1. The van der Waals surface area contributed by atoms with Crippen LogP contribution in [-0.2, 0) is 4.79 Å². The fraction of sp³-hybridized carbons (Fsp3) is 0.957. The number of hydrogen-bond donors (Lipinski definition) is 1. The van der Waals surface area contributed by atoms with Gasteiger partial charge in [-0.2, -0.15) is 5.12 Å². The zero-order valence-corrected chi connectivity index (χ0v) is 19.0. The number of nitrogens with one attached hydrogen (secondary N) is 1. The number of rotatable bonds is 20. The van der Waals surface area contributed by atoms with Crippen LogP contribution >= 0.6 is 0 Å². The van der Waals surface area contributed by atoms with Crippen LogP contribution in [-0.4, -0.2) is 36.7 Å². The summed E-state index contributed by atoms with van der Waals surface area (Å²) >= 11 is 0. The summed E-state index contributed by atoms with van der Waals surface area (Å²) in [6.45, 7) is 5.26. The summed E-state index contributed by atoms with van der Waals surface area (Å²) in [5.41, 5.74) is 2.99. The zero-order valence-electron chi connectivity index (χ0n) is 19.0. The van der Waals surface area contributed by atoms with Crippen molar-refractivity contribution in [2.24, 2.45) is 0 Å². The zero-order chi connectivity index (χ0) is 20.2. The van der Waals surface area contributed by atoms with Gasteiger partial charge in [-0.05, 0) is 12.8 Å². The fourth-order valence-corrected chi connectivity index (χ4v) is 3.42. The van der Waals surface area contributed by atoms with E-state index in [-0.39, 0.29) is 5.91 Å². The average molecular weight is 384 g/mol. The first-order valence-corrected chi connectivity index (χ1v) is 11.9. The van der Waals surface area contributed by atoms with Gasteiger partial charge in [0, 0.05) is 27.1 Å². The van der Waals surface area contributed by atoms with Gasteiger partial charge in [0.05, 0.1) is 0 Å². The van der Waals surface area contributed by atoms with Crippen LogP contribution < -0.4 is 5.43 Å². The molecule has 0 saturated carbocycles. The lowest BCUT2D eigenvalue weighted by Gasteiger charge is -2.28. The van der Waals surface area contributed by atoms with E-state index < -0.39 is 0 Å². The number of nitrogens with zero attached hydrogens (tertiary/aromatic N) is 2. The second kappa shape index (κ2) is 20.1. The summed E-state index contributed by atoms with van der Waals surface area (Å²) in [7, 11) is 3.92. The highest BCUT2D eigenvalue weighted by molar-refractivity contribution is 5.75. The van der Waals surface area contributed by atoms with Crippen LogP contribution in [0.25, 0.3) is 0 Å². The maximum Gasteiger partial charge on any atom is 0.235 e. The van der Waals surface area contributed by atoms with Crippen molar-refractivity contribution in [1.82, 2.24) is 15.6 Å². The maximum atomic E-state index is 12.0. The third-order valence-corrected chi connectivity index (χ3v) is 5.18. The Morgan fingerprint density at radius 3 is 1.41 bits per heavy atom. The molecule has 0 aliphatic heterocycles. The second-order valence-corrected chi connectivity index (χ2v) is 8.21. The summed E-state index contributed by atoms with van der Waals surface area (Å²) in [5.74, 6) is 0.145. The third-order valence-electron chi connectivity index (χ3n) is 5.18. The van der Waals surface area contributed by atoms with E-state index in [1.165, 1.54) is 89.9 Å². The first-order valence-electron chi connectivity index (χ1n) is 11.9. The Bertz CT molecular complexity index is 321. The van der Waals surface area contributed by atoms with Gasteiger partial charge in [-0.1, -0.05) is 104 Å². The lowest BCUT2D eigenvalue weighted by Crippen LogP contribution is -2.50. The average Bonchev–Trinajstić information content (AvgIpc) is 2.64. The monoisotopic (exact) mass is 383 g/mol. The van der Waals surface area contributed by atoms with Gasteiger partial charge in [0.2, 0.25) is 5.91 Å². The number of hydrazine groups is 2. The van der Waals surface area contributed by atoms with Crippen molar-refractivity contribution in [2.45, 2.75) is 123 Å². The van der Waals surface area contributed by atoms with Crippen molar-refractivity contribution in [3.8, 4) is 0 Å². The van der Waals surface area contributed by atoms with E-state index in [0.29, 0.717) is 6.42 Å². The lowest BCUT2D eigenvalue weighted by atomic mass is 10.0. The molecule has 0 unspecified atom stereocenters. The molecule has 0 aliphatic rings. The minimum atomic E-state index is 0.145. The van der Waals surface area contributed by atoms with E-state index in [0.717, 1.165) is 19.4 Å². The molecular formula is C23H49N3O. The molecule has 0 saturated heterocycles. The van der Waals surface area contributed by atoms with Gasteiger partial charge in [-0.15, -0.1) is 0 Å². The van der Waals surface area contributed by atoms with E-state index in [2.05, 4.69) is 19.3 Å². The van der Waals surface area contributed by atoms with Crippen LogP contribution in [0.15, 0.2) is 0 Å². The Balaban J connectivity index is 3.31. The molecule has 0 aromatic carbocycles. The summed E-state index contributed by atoms with van der Waals surface area (Å²) < 4.78 is 0. The van der Waals surface area contributed by atoms with E-state index in [4.69, 9.17) is 0 Å². The molecular weight excluding hydrogens is 334 g/mol. The van der Waals surface area contributed by atoms with Crippen LogP contribution in [0.2, 0.25) is 0 Å². The lowest BCUT2D eigenvalue weighted by molar-refractivity contribution is -0.134. The summed E-state index contributed by atoms with van der Waals surface area (Å²) in [5, 5.41) is 3.83. The summed E-state index contributed by atoms with van der Waals surface area (Å²) in [4.78, 5) is 12.0. The Hall–Kier alpha value is -0.610. The van der Waals surface area contributed by atoms with E-state index in [1.54, 1.807) is 0 Å². The van der Waals surface area contributed by atoms with Gasteiger partial charge in [0.25, 0.3) is 0 Å². The molecule has 0 radical (unpaired) electrons. The van der Waals surface area contributed by atoms with Crippen molar-refractivity contribution in [3.63, 3.8) is 0 Å². The molecule has 0 spiro atoms. The topological polar surface area (TPSA) is 35.6 Å². The molecule has 0 aromatic rings. The standard InChI is InChI=1S/C23H49N3O/c1-5-7-8-9-10-11-12-13-14-15-16-17-18-19-20-21-23(27)24-26(22-6-2)25(3)4/h5-22H2,1-4H3,(H,24,27). The number of carbonyl (C=O) groups is 1. The Morgan fingerprint density at radius 1 is 0.630 bits per heavy atom. The minimum absolute atomic E-state index is 0.145. The molecule has 1 amide bonds. The molecule has 4 nitrogen and oxygen atoms in total. The van der Waals surface area contributed by atoms with Crippen molar-refractivity contribution in [3.05, 3.63) is 0 Å². The molecule has 1 N–H and O–H groups in total. The van der Waals surface area contributed by atoms with Crippen LogP contribution in [0.3, 0.4) is 0 Å². The highest BCUT2D eigenvalue weighted by Crippen LogP contribution is 2.13. The molecule has 0 bridgehead atoms. The van der Waals surface area contributed by atoms with Crippen LogP contribution in [0.1, 0.15) is 123 Å². The van der Waals surface area contributed by atoms with Crippen LogP contribution in [0.5, 0.6) is 0 Å². The Morgan fingerprint density at radius 2 is 1.04 bits per heavy atom. The number of unbranched alkanes of at least 4 members (excludes halogenated alkanes) is 14. The summed E-state index contributed by atoms with van der Waals surface area (Å²) in [6.07, 6.45) is 22.0. The van der Waals surface area contributed by atoms with Gasteiger partial charge in [-0.3, -0.25) is 10.2 Å². The maximum absolute atomic E-state index is 12.0. The number of amides is 1. The quantitative estimate of drug-likeness (QED) is 0.193. The van der Waals surface area contributed by atoms with E-state index in [9.17, 15) is 4.79 Å². The Kier molecular flexibility index (Phi) is 19.7. The minimum Gasteiger partial charge on any atom is -0.275 e. The molecule has 0 rings (SSSR count). The van der Waals surface area contributed by atoms with Crippen molar-refractivity contribution < 1.29 is 4.79 Å². The highest BCUT2D eigenvalue weighted by atomic mass is 16.2. The third kappa shape index (κ3) is 18.5. The molecule has 0 aromatic heterocycles. The predicted molar refractivity (Wildman–Crippen MR) is 118 cm³/mol. The largest absolute Gasteiger partial charge is 0.275 e. The van der Waals surface area contributed by atoms with Crippen LogP contribution in [0.4, 0.5) is 0 Å². The Labute approximate surface area is 170 Å². The van der Waals surface area contributed by atoms with Gasteiger partial charge in [-0.25, -0.2) is 5.01 Å². The highest BCUT2D eigenvalue weighted by Gasteiger charge is 2.09. The molecule has 4 heteroatoms. The van der Waals surface area contributed by atoms with E-state index >= 15 is 0 Å². The van der Waals surface area contributed by atoms with Crippen molar-refractivity contribution >= 4 is 5.91 Å². The molecule has 0 fully saturated rings. The first kappa shape index (κ1) is 26.4. The summed E-state index contributed by atoms with van der Waals surface area (Å²) in [6, 6.07) is 0. The molecule has 0 atom stereocenters. The molecule has 162 valence electrons. The molecule has 0 aliphatic carbocycles. The van der Waals surface area contributed by atoms with Crippen molar-refractivity contribution in [1.29, 1.82) is 0 Å².